The Hall–Kier alpha value is -2.30. The van der Waals surface area contributed by atoms with Crippen LogP contribution in [0.3, 0.4) is 0 Å². The number of hydrogen-bond acceptors (Lipinski definition) is 3. The fourth-order valence-corrected chi connectivity index (χ4v) is 3.61. The molecule has 3 rings (SSSR count). The third kappa shape index (κ3) is 3.78. The molecule has 0 amide bonds. The van der Waals surface area contributed by atoms with Crippen LogP contribution in [0.5, 0.6) is 5.75 Å². The van der Waals surface area contributed by atoms with E-state index in [1.165, 1.54) is 0 Å². The zero-order valence-electron chi connectivity index (χ0n) is 12.7. The average molecular weight is 359 g/mol. The van der Waals surface area contributed by atoms with Gasteiger partial charge >= 0.3 is 0 Å². The second-order valence-corrected chi connectivity index (χ2v) is 7.59. The average Bonchev–Trinajstić information content (AvgIpc) is 2.62. The standard InChI is InChI=1S/C19H15ClO3S/c20-16-8-10-17(11-9-16)23-14-15-6-12-19(13-7-15)24(21,22)18-4-2-1-3-5-18/h1-13H,14H2. The van der Waals surface area contributed by atoms with Gasteiger partial charge < -0.3 is 4.74 Å². The lowest BCUT2D eigenvalue weighted by atomic mass is 10.2. The smallest absolute Gasteiger partial charge is 0.206 e. The van der Waals surface area contributed by atoms with E-state index in [-0.39, 0.29) is 9.79 Å². The summed E-state index contributed by atoms with van der Waals surface area (Å²) in [6, 6.07) is 22.2. The van der Waals surface area contributed by atoms with Crippen molar-refractivity contribution in [2.45, 2.75) is 16.4 Å². The zero-order valence-corrected chi connectivity index (χ0v) is 14.3. The van der Waals surface area contributed by atoms with E-state index in [1.807, 2.05) is 0 Å². The van der Waals surface area contributed by atoms with Crippen molar-refractivity contribution in [2.75, 3.05) is 0 Å². The molecular weight excluding hydrogens is 344 g/mol. The Bertz CT molecular complexity index is 903. The van der Waals surface area contributed by atoms with Gasteiger partial charge in [0.05, 0.1) is 9.79 Å². The van der Waals surface area contributed by atoms with E-state index in [2.05, 4.69) is 0 Å². The minimum Gasteiger partial charge on any atom is -0.489 e. The Balaban J connectivity index is 1.72. The first-order chi connectivity index (χ1) is 11.6. The minimum atomic E-state index is -3.48. The highest BCUT2D eigenvalue weighted by Gasteiger charge is 2.16. The van der Waals surface area contributed by atoms with Gasteiger partial charge in [-0.05, 0) is 54.1 Å². The molecule has 0 aromatic heterocycles. The van der Waals surface area contributed by atoms with Crippen LogP contribution in [0, 0.1) is 0 Å². The van der Waals surface area contributed by atoms with Gasteiger partial charge in [0, 0.05) is 5.02 Å². The summed E-state index contributed by atoms with van der Waals surface area (Å²) >= 11 is 5.83. The topological polar surface area (TPSA) is 43.4 Å². The Labute approximate surface area is 146 Å². The Kier molecular flexibility index (Phi) is 4.88. The summed E-state index contributed by atoms with van der Waals surface area (Å²) in [6.07, 6.45) is 0. The summed E-state index contributed by atoms with van der Waals surface area (Å²) in [7, 11) is -3.48. The van der Waals surface area contributed by atoms with E-state index in [1.54, 1.807) is 78.9 Å². The number of benzene rings is 3. The molecule has 0 aliphatic heterocycles. The predicted molar refractivity (Wildman–Crippen MR) is 94.1 cm³/mol. The first-order valence-electron chi connectivity index (χ1n) is 7.33. The van der Waals surface area contributed by atoms with Gasteiger partial charge in [-0.3, -0.25) is 0 Å². The van der Waals surface area contributed by atoms with Gasteiger partial charge in [-0.15, -0.1) is 0 Å². The summed E-state index contributed by atoms with van der Waals surface area (Å²) in [5.74, 6) is 0.709. The molecule has 0 bridgehead atoms. The molecule has 3 aromatic rings. The lowest BCUT2D eigenvalue weighted by molar-refractivity contribution is 0.306. The fraction of sp³-hybridized carbons (Fsp3) is 0.0526. The molecule has 0 unspecified atom stereocenters. The van der Waals surface area contributed by atoms with Crippen molar-refractivity contribution in [3.05, 3.63) is 89.4 Å². The number of ether oxygens (including phenoxy) is 1. The Morgan fingerprint density at radius 3 is 1.96 bits per heavy atom. The van der Waals surface area contributed by atoms with Gasteiger partial charge in [-0.25, -0.2) is 8.42 Å². The number of hydrogen-bond donors (Lipinski definition) is 0. The first kappa shape index (κ1) is 16.6. The molecule has 0 N–H and O–H groups in total. The zero-order chi connectivity index (χ0) is 17.0. The van der Waals surface area contributed by atoms with E-state index in [0.29, 0.717) is 17.4 Å². The van der Waals surface area contributed by atoms with Crippen molar-refractivity contribution in [3.8, 4) is 5.75 Å². The first-order valence-corrected chi connectivity index (χ1v) is 9.19. The Morgan fingerprint density at radius 1 is 0.750 bits per heavy atom. The van der Waals surface area contributed by atoms with Crippen molar-refractivity contribution in [3.63, 3.8) is 0 Å². The monoisotopic (exact) mass is 358 g/mol. The van der Waals surface area contributed by atoms with Crippen LogP contribution in [0.2, 0.25) is 5.02 Å². The summed E-state index contributed by atoms with van der Waals surface area (Å²) in [5, 5.41) is 0.651. The van der Waals surface area contributed by atoms with E-state index in [4.69, 9.17) is 16.3 Å². The maximum Gasteiger partial charge on any atom is 0.206 e. The van der Waals surface area contributed by atoms with E-state index in [0.717, 1.165) is 5.56 Å². The van der Waals surface area contributed by atoms with Crippen LogP contribution >= 0.6 is 11.6 Å². The molecular formula is C19H15ClO3S. The summed E-state index contributed by atoms with van der Waals surface area (Å²) in [5.41, 5.74) is 0.886. The molecule has 3 nitrogen and oxygen atoms in total. The number of halogens is 1. The van der Waals surface area contributed by atoms with Crippen LogP contribution in [0.15, 0.2) is 88.7 Å². The van der Waals surface area contributed by atoms with E-state index in [9.17, 15) is 8.42 Å². The third-order valence-electron chi connectivity index (χ3n) is 3.51. The van der Waals surface area contributed by atoms with Crippen molar-refractivity contribution in [1.29, 1.82) is 0 Å². The van der Waals surface area contributed by atoms with Gasteiger partial charge in [0.25, 0.3) is 0 Å². The third-order valence-corrected chi connectivity index (χ3v) is 5.54. The molecule has 0 aliphatic carbocycles. The highest BCUT2D eigenvalue weighted by Crippen LogP contribution is 2.22. The molecule has 0 heterocycles. The van der Waals surface area contributed by atoms with Crippen LogP contribution in [-0.4, -0.2) is 8.42 Å². The van der Waals surface area contributed by atoms with E-state index < -0.39 is 9.84 Å². The van der Waals surface area contributed by atoms with Crippen molar-refractivity contribution in [1.82, 2.24) is 0 Å². The highest BCUT2D eigenvalue weighted by atomic mass is 35.5. The van der Waals surface area contributed by atoms with Crippen molar-refractivity contribution >= 4 is 21.4 Å². The minimum absolute atomic E-state index is 0.268. The molecule has 0 spiro atoms. The Morgan fingerprint density at radius 2 is 1.33 bits per heavy atom. The van der Waals surface area contributed by atoms with Crippen LogP contribution in [0.1, 0.15) is 5.56 Å². The maximum atomic E-state index is 12.5. The molecule has 0 aliphatic rings. The molecule has 0 atom stereocenters. The largest absolute Gasteiger partial charge is 0.489 e. The predicted octanol–water partition coefficient (Wildman–Crippen LogP) is 4.75. The van der Waals surface area contributed by atoms with Crippen LogP contribution in [0.4, 0.5) is 0 Å². The molecule has 0 fully saturated rings. The van der Waals surface area contributed by atoms with Crippen LogP contribution in [-0.2, 0) is 16.4 Å². The highest BCUT2D eigenvalue weighted by molar-refractivity contribution is 7.91. The van der Waals surface area contributed by atoms with Gasteiger partial charge in [-0.1, -0.05) is 41.9 Å². The molecule has 0 saturated heterocycles. The maximum absolute atomic E-state index is 12.5. The normalized spacial score (nSPS) is 11.2. The van der Waals surface area contributed by atoms with Gasteiger partial charge in [-0.2, -0.15) is 0 Å². The van der Waals surface area contributed by atoms with Gasteiger partial charge in [0.15, 0.2) is 0 Å². The quantitative estimate of drug-likeness (QED) is 0.661. The summed E-state index contributed by atoms with van der Waals surface area (Å²) < 4.78 is 30.7. The second-order valence-electron chi connectivity index (χ2n) is 5.20. The summed E-state index contributed by atoms with van der Waals surface area (Å²) in [4.78, 5) is 0.555. The second kappa shape index (κ2) is 7.07. The molecule has 122 valence electrons. The lowest BCUT2D eigenvalue weighted by Gasteiger charge is -2.08. The van der Waals surface area contributed by atoms with Crippen molar-refractivity contribution in [2.24, 2.45) is 0 Å². The van der Waals surface area contributed by atoms with Crippen molar-refractivity contribution < 1.29 is 13.2 Å². The number of rotatable bonds is 5. The molecule has 3 aromatic carbocycles. The van der Waals surface area contributed by atoms with Crippen LogP contribution < -0.4 is 4.74 Å². The number of sulfone groups is 1. The molecule has 0 saturated carbocycles. The van der Waals surface area contributed by atoms with Crippen LogP contribution in [0.25, 0.3) is 0 Å². The molecule has 0 radical (unpaired) electrons. The van der Waals surface area contributed by atoms with E-state index >= 15 is 0 Å². The van der Waals surface area contributed by atoms with Gasteiger partial charge in [0.2, 0.25) is 9.84 Å². The molecule has 24 heavy (non-hydrogen) atoms. The lowest BCUT2D eigenvalue weighted by Crippen LogP contribution is -2.02. The SMILES string of the molecule is O=S(=O)(c1ccccc1)c1ccc(COc2ccc(Cl)cc2)cc1. The van der Waals surface area contributed by atoms with Gasteiger partial charge in [0.1, 0.15) is 12.4 Å². The fourth-order valence-electron chi connectivity index (χ4n) is 2.20. The molecule has 5 heteroatoms. The summed E-state index contributed by atoms with van der Waals surface area (Å²) in [6.45, 7) is 0.354.